The third-order valence-electron chi connectivity index (χ3n) is 2.45. The number of hydrogen-bond donors (Lipinski definition) is 0. The van der Waals surface area contributed by atoms with Crippen LogP contribution in [0.1, 0.15) is 17.5 Å². The van der Waals surface area contributed by atoms with Crippen molar-refractivity contribution in [1.82, 2.24) is 0 Å². The minimum atomic E-state index is -0.609. The molecular formula is C11H10FNO3. The molecule has 4 nitrogen and oxygen atoms in total. The Labute approximate surface area is 91.5 Å². The monoisotopic (exact) mass is 223 g/mol. The fourth-order valence-corrected chi connectivity index (χ4v) is 1.76. The van der Waals surface area contributed by atoms with E-state index in [9.17, 15) is 14.5 Å². The number of nitro groups is 1. The molecule has 0 aliphatic carbocycles. The molecule has 0 unspecified atom stereocenters. The quantitative estimate of drug-likeness (QED) is 0.571. The molecule has 1 aliphatic heterocycles. The van der Waals surface area contributed by atoms with E-state index in [1.165, 1.54) is 12.1 Å². The van der Waals surface area contributed by atoms with Crippen LogP contribution in [-0.2, 0) is 6.42 Å². The molecule has 1 heterocycles. The summed E-state index contributed by atoms with van der Waals surface area (Å²) in [5, 5.41) is 10.2. The number of benzene rings is 1. The molecule has 84 valence electrons. The zero-order valence-electron chi connectivity index (χ0n) is 8.48. The SMILES string of the molecule is O=[N+]([O-])C=Cc1c(F)ccc2c1CCCO2. The first kappa shape index (κ1) is 10.6. The van der Waals surface area contributed by atoms with Crippen molar-refractivity contribution in [3.05, 3.63) is 45.4 Å². The van der Waals surface area contributed by atoms with E-state index in [0.29, 0.717) is 24.3 Å². The summed E-state index contributed by atoms with van der Waals surface area (Å²) in [7, 11) is 0. The standard InChI is InChI=1S/C11H10FNO3/c12-10-3-4-11-9(2-1-7-16-11)8(10)5-6-13(14)15/h3-6H,1-2,7H2. The lowest BCUT2D eigenvalue weighted by Crippen LogP contribution is -2.10. The van der Waals surface area contributed by atoms with E-state index < -0.39 is 10.7 Å². The molecule has 16 heavy (non-hydrogen) atoms. The summed E-state index contributed by atoms with van der Waals surface area (Å²) < 4.78 is 18.9. The van der Waals surface area contributed by atoms with Gasteiger partial charge in [-0.25, -0.2) is 4.39 Å². The predicted molar refractivity (Wildman–Crippen MR) is 56.2 cm³/mol. The van der Waals surface area contributed by atoms with Crippen LogP contribution < -0.4 is 4.74 Å². The van der Waals surface area contributed by atoms with Crippen LogP contribution in [0.5, 0.6) is 5.75 Å². The van der Waals surface area contributed by atoms with E-state index >= 15 is 0 Å². The van der Waals surface area contributed by atoms with Crippen molar-refractivity contribution in [1.29, 1.82) is 0 Å². The summed E-state index contributed by atoms with van der Waals surface area (Å²) in [4.78, 5) is 9.61. The third kappa shape index (κ3) is 2.03. The topological polar surface area (TPSA) is 52.4 Å². The first-order valence-electron chi connectivity index (χ1n) is 4.94. The fraction of sp³-hybridized carbons (Fsp3) is 0.273. The number of halogens is 1. The maximum absolute atomic E-state index is 13.5. The van der Waals surface area contributed by atoms with E-state index in [1.54, 1.807) is 6.07 Å². The zero-order valence-corrected chi connectivity index (χ0v) is 8.48. The molecule has 0 saturated heterocycles. The Hall–Kier alpha value is -1.91. The van der Waals surface area contributed by atoms with Crippen molar-refractivity contribution < 1.29 is 14.1 Å². The van der Waals surface area contributed by atoms with Crippen LogP contribution in [0.25, 0.3) is 6.08 Å². The summed E-state index contributed by atoms with van der Waals surface area (Å²) in [6, 6.07) is 2.83. The lowest BCUT2D eigenvalue weighted by molar-refractivity contribution is -0.401. The van der Waals surface area contributed by atoms with E-state index in [2.05, 4.69) is 0 Å². The first-order chi connectivity index (χ1) is 7.68. The first-order valence-corrected chi connectivity index (χ1v) is 4.94. The van der Waals surface area contributed by atoms with Gasteiger partial charge in [0.1, 0.15) is 11.6 Å². The van der Waals surface area contributed by atoms with Gasteiger partial charge in [-0.15, -0.1) is 0 Å². The number of hydrogen-bond acceptors (Lipinski definition) is 3. The highest BCUT2D eigenvalue weighted by Gasteiger charge is 2.16. The summed E-state index contributed by atoms with van der Waals surface area (Å²) in [5.74, 6) is 0.165. The molecule has 0 fully saturated rings. The second-order valence-electron chi connectivity index (χ2n) is 3.49. The zero-order chi connectivity index (χ0) is 11.5. The molecular weight excluding hydrogens is 213 g/mol. The molecule has 0 radical (unpaired) electrons. The van der Waals surface area contributed by atoms with E-state index in [-0.39, 0.29) is 5.56 Å². The molecule has 0 saturated carbocycles. The normalized spacial score (nSPS) is 14.6. The Balaban J connectivity index is 2.45. The van der Waals surface area contributed by atoms with Crippen LogP contribution in [0.3, 0.4) is 0 Å². The average Bonchev–Trinajstić information content (AvgIpc) is 2.27. The Bertz CT molecular complexity index is 457. The molecule has 1 aliphatic rings. The van der Waals surface area contributed by atoms with Gasteiger partial charge < -0.3 is 4.74 Å². The second kappa shape index (κ2) is 4.30. The van der Waals surface area contributed by atoms with Gasteiger partial charge in [-0.2, -0.15) is 0 Å². The van der Waals surface area contributed by atoms with Crippen molar-refractivity contribution in [2.24, 2.45) is 0 Å². The number of fused-ring (bicyclic) bond motifs is 1. The minimum Gasteiger partial charge on any atom is -0.493 e. The van der Waals surface area contributed by atoms with Crippen LogP contribution in [0.4, 0.5) is 4.39 Å². The number of nitrogens with zero attached hydrogens (tertiary/aromatic N) is 1. The average molecular weight is 223 g/mol. The van der Waals surface area contributed by atoms with Gasteiger partial charge in [-0.3, -0.25) is 10.1 Å². The van der Waals surface area contributed by atoms with Crippen molar-refractivity contribution in [2.45, 2.75) is 12.8 Å². The highest BCUT2D eigenvalue weighted by Crippen LogP contribution is 2.30. The lowest BCUT2D eigenvalue weighted by atomic mass is 9.99. The summed E-state index contributed by atoms with van der Waals surface area (Å²) in [6.07, 6.45) is 3.41. The van der Waals surface area contributed by atoms with Crippen molar-refractivity contribution in [2.75, 3.05) is 6.61 Å². The van der Waals surface area contributed by atoms with Crippen LogP contribution in [0.2, 0.25) is 0 Å². The van der Waals surface area contributed by atoms with Gasteiger partial charge in [-0.1, -0.05) is 0 Å². The van der Waals surface area contributed by atoms with Crippen LogP contribution >= 0.6 is 0 Å². The molecule has 1 aromatic carbocycles. The molecule has 0 spiro atoms. The van der Waals surface area contributed by atoms with Crippen LogP contribution in [-0.4, -0.2) is 11.5 Å². The maximum atomic E-state index is 13.5. The Morgan fingerprint density at radius 3 is 3.06 bits per heavy atom. The lowest BCUT2D eigenvalue weighted by Gasteiger charge is -2.19. The molecule has 5 heteroatoms. The second-order valence-corrected chi connectivity index (χ2v) is 3.49. The Kier molecular flexibility index (Phi) is 2.85. The van der Waals surface area contributed by atoms with Crippen LogP contribution in [0, 0.1) is 15.9 Å². The van der Waals surface area contributed by atoms with E-state index in [0.717, 1.165) is 12.6 Å². The van der Waals surface area contributed by atoms with Gasteiger partial charge in [0.15, 0.2) is 0 Å². The van der Waals surface area contributed by atoms with Gasteiger partial charge in [0, 0.05) is 17.2 Å². The molecule has 0 amide bonds. The molecule has 0 atom stereocenters. The Morgan fingerprint density at radius 2 is 2.31 bits per heavy atom. The van der Waals surface area contributed by atoms with E-state index in [4.69, 9.17) is 4.74 Å². The number of ether oxygens (including phenoxy) is 1. The summed E-state index contributed by atoms with van der Waals surface area (Å²) in [5.41, 5.74) is 0.971. The smallest absolute Gasteiger partial charge is 0.235 e. The van der Waals surface area contributed by atoms with Gasteiger partial charge in [0.25, 0.3) is 0 Å². The minimum absolute atomic E-state index is 0.258. The van der Waals surface area contributed by atoms with Gasteiger partial charge in [-0.05, 0) is 25.0 Å². The van der Waals surface area contributed by atoms with E-state index in [1.807, 2.05) is 0 Å². The number of rotatable bonds is 2. The summed E-state index contributed by atoms with van der Waals surface area (Å²) >= 11 is 0. The Morgan fingerprint density at radius 1 is 1.50 bits per heavy atom. The van der Waals surface area contributed by atoms with Crippen molar-refractivity contribution in [3.8, 4) is 5.75 Å². The summed E-state index contributed by atoms with van der Waals surface area (Å²) in [6.45, 7) is 0.608. The maximum Gasteiger partial charge on any atom is 0.235 e. The largest absolute Gasteiger partial charge is 0.493 e. The molecule has 0 N–H and O–H groups in total. The molecule has 0 bridgehead atoms. The highest BCUT2D eigenvalue weighted by atomic mass is 19.1. The van der Waals surface area contributed by atoms with Crippen molar-refractivity contribution >= 4 is 6.08 Å². The van der Waals surface area contributed by atoms with Gasteiger partial charge in [0.05, 0.1) is 11.5 Å². The van der Waals surface area contributed by atoms with Gasteiger partial charge in [0.2, 0.25) is 6.20 Å². The van der Waals surface area contributed by atoms with Crippen LogP contribution in [0.15, 0.2) is 18.3 Å². The molecule has 1 aromatic rings. The van der Waals surface area contributed by atoms with Crippen molar-refractivity contribution in [3.63, 3.8) is 0 Å². The highest BCUT2D eigenvalue weighted by molar-refractivity contribution is 5.58. The fourth-order valence-electron chi connectivity index (χ4n) is 1.76. The van der Waals surface area contributed by atoms with Gasteiger partial charge >= 0.3 is 0 Å². The molecule has 0 aromatic heterocycles. The molecule has 2 rings (SSSR count). The third-order valence-corrected chi connectivity index (χ3v) is 2.45. The predicted octanol–water partition coefficient (Wildman–Crippen LogP) is 2.40.